The molecule has 0 bridgehead atoms. The summed E-state index contributed by atoms with van der Waals surface area (Å²) in [7, 11) is -4.71. The minimum atomic E-state index is -4.71. The third kappa shape index (κ3) is 20.7. The number of ether oxygens (including phenoxy) is 1. The lowest BCUT2D eigenvalue weighted by atomic mass is 10.1. The van der Waals surface area contributed by atoms with Crippen molar-refractivity contribution in [1.82, 2.24) is 5.32 Å². The molecule has 1 amide bonds. The molecule has 0 aromatic heterocycles. The molecule has 0 saturated carbocycles. The maximum absolute atomic E-state index is 12.0. The fourth-order valence-electron chi connectivity index (χ4n) is 3.25. The van der Waals surface area contributed by atoms with E-state index in [1.54, 1.807) is 0 Å². The molecule has 0 aliphatic heterocycles. The first-order valence-corrected chi connectivity index (χ1v) is 14.6. The summed E-state index contributed by atoms with van der Waals surface area (Å²) in [5.74, 6) is -2.40. The van der Waals surface area contributed by atoms with Gasteiger partial charge in [-0.1, -0.05) is 78.1 Å². The van der Waals surface area contributed by atoms with E-state index in [1.165, 1.54) is 25.7 Å². The summed E-state index contributed by atoms with van der Waals surface area (Å²) in [5.41, 5.74) is 0. The van der Waals surface area contributed by atoms with Gasteiger partial charge < -0.3 is 25.2 Å². The van der Waals surface area contributed by atoms with Crippen molar-refractivity contribution in [1.29, 1.82) is 0 Å². The Labute approximate surface area is 214 Å². The van der Waals surface area contributed by atoms with Crippen LogP contribution >= 0.6 is 7.82 Å². The van der Waals surface area contributed by atoms with Crippen molar-refractivity contribution < 1.29 is 47.8 Å². The van der Waals surface area contributed by atoms with Gasteiger partial charge in [0.25, 0.3) is 0 Å². The molecular formula is C24H46NO10P. The van der Waals surface area contributed by atoms with E-state index >= 15 is 0 Å². The number of hydrogen-bond donors (Lipinski definition) is 4. The summed E-state index contributed by atoms with van der Waals surface area (Å²) >= 11 is 0. The molecule has 0 saturated heterocycles. The van der Waals surface area contributed by atoms with Crippen LogP contribution in [0.15, 0.2) is 0 Å². The lowest BCUT2D eigenvalue weighted by Crippen LogP contribution is -2.43. The van der Waals surface area contributed by atoms with Gasteiger partial charge in [-0.2, -0.15) is 0 Å². The first kappa shape index (κ1) is 34.5. The second-order valence-corrected chi connectivity index (χ2v) is 10.3. The molecule has 0 radical (unpaired) electrons. The van der Waals surface area contributed by atoms with Gasteiger partial charge in [0.05, 0.1) is 13.2 Å². The Bertz CT molecular complexity index is 661. The van der Waals surface area contributed by atoms with E-state index in [1.807, 2.05) is 6.92 Å². The van der Waals surface area contributed by atoms with Crippen LogP contribution in [0.1, 0.15) is 104 Å². The van der Waals surface area contributed by atoms with Crippen LogP contribution in [0.5, 0.6) is 0 Å². The maximum atomic E-state index is 12.0. The van der Waals surface area contributed by atoms with Gasteiger partial charge >= 0.3 is 19.8 Å². The zero-order valence-electron chi connectivity index (χ0n) is 21.8. The third-order valence-electron chi connectivity index (χ3n) is 5.40. The van der Waals surface area contributed by atoms with Crippen molar-refractivity contribution in [2.45, 2.75) is 116 Å². The molecule has 0 aromatic rings. The smallest absolute Gasteiger partial charge is 0.472 e. The van der Waals surface area contributed by atoms with Crippen molar-refractivity contribution in [2.24, 2.45) is 0 Å². The van der Waals surface area contributed by atoms with E-state index in [2.05, 4.69) is 21.3 Å². The molecule has 0 aliphatic carbocycles. The predicted molar refractivity (Wildman–Crippen MR) is 134 cm³/mol. The predicted octanol–water partition coefficient (Wildman–Crippen LogP) is 4.09. The van der Waals surface area contributed by atoms with Gasteiger partial charge in [0.15, 0.2) is 6.04 Å². The van der Waals surface area contributed by atoms with Crippen molar-refractivity contribution >= 4 is 25.7 Å². The molecule has 11 nitrogen and oxygen atoms in total. The van der Waals surface area contributed by atoms with Crippen LogP contribution in [0, 0.1) is 0 Å². The molecule has 12 heteroatoms. The van der Waals surface area contributed by atoms with E-state index in [-0.39, 0.29) is 12.8 Å². The van der Waals surface area contributed by atoms with Gasteiger partial charge in [-0.05, 0) is 12.8 Å². The number of carboxylic acids is 1. The Balaban J connectivity index is 4.11. The highest BCUT2D eigenvalue weighted by molar-refractivity contribution is 7.47. The molecule has 0 heterocycles. The molecular weight excluding hydrogens is 493 g/mol. The molecule has 0 rings (SSSR count). The summed E-state index contributed by atoms with van der Waals surface area (Å²) < 4.78 is 26.2. The van der Waals surface area contributed by atoms with E-state index in [9.17, 15) is 34.1 Å². The monoisotopic (exact) mass is 539 g/mol. The standard InChI is InChI=1S/C24H46NO10P/c1-3-5-7-9-10-11-12-14-16-23(28)33-17-20(26)18-34-36(31,32)35-19-21(24(29)30)25-22(27)15-13-8-6-4-2/h20-21,26H,3-19H2,1-2H3,(H,25,27)(H,29,30)(H,31,32). The Morgan fingerprint density at radius 2 is 1.28 bits per heavy atom. The number of hydrogen-bond acceptors (Lipinski definition) is 8. The highest BCUT2D eigenvalue weighted by Crippen LogP contribution is 2.43. The highest BCUT2D eigenvalue weighted by atomic mass is 31.2. The zero-order valence-corrected chi connectivity index (χ0v) is 22.7. The molecule has 0 spiro atoms. The van der Waals surface area contributed by atoms with E-state index < -0.39 is 57.6 Å². The van der Waals surface area contributed by atoms with Gasteiger partial charge in [0, 0.05) is 12.8 Å². The van der Waals surface area contributed by atoms with E-state index in [0.29, 0.717) is 12.8 Å². The number of aliphatic hydroxyl groups excluding tert-OH is 1. The van der Waals surface area contributed by atoms with Crippen LogP contribution in [-0.4, -0.2) is 64.9 Å². The fourth-order valence-corrected chi connectivity index (χ4v) is 4.02. The molecule has 36 heavy (non-hydrogen) atoms. The van der Waals surface area contributed by atoms with Gasteiger partial charge in [-0.15, -0.1) is 0 Å². The molecule has 4 N–H and O–H groups in total. The Morgan fingerprint density at radius 3 is 1.86 bits per heavy atom. The number of aliphatic carboxylic acids is 1. The van der Waals surface area contributed by atoms with E-state index in [4.69, 9.17) is 4.74 Å². The number of carboxylic acid groups (broad SMARTS) is 1. The average Bonchev–Trinajstić information content (AvgIpc) is 2.83. The summed E-state index contributed by atoms with van der Waals surface area (Å²) in [4.78, 5) is 44.7. The van der Waals surface area contributed by atoms with Crippen LogP contribution in [0.25, 0.3) is 0 Å². The van der Waals surface area contributed by atoms with Crippen LogP contribution in [0.3, 0.4) is 0 Å². The molecule has 3 atom stereocenters. The lowest BCUT2D eigenvalue weighted by molar-refractivity contribution is -0.147. The second-order valence-electron chi connectivity index (χ2n) is 8.89. The summed E-state index contributed by atoms with van der Waals surface area (Å²) in [6.07, 6.45) is 11.1. The first-order chi connectivity index (χ1) is 17.1. The van der Waals surface area contributed by atoms with Gasteiger partial charge in [-0.3, -0.25) is 18.6 Å². The number of carbonyl (C=O) groups is 3. The molecule has 0 aliphatic rings. The number of carbonyl (C=O) groups excluding carboxylic acids is 2. The van der Waals surface area contributed by atoms with Crippen LogP contribution in [-0.2, 0) is 32.7 Å². The number of phosphoric ester groups is 1. The Morgan fingerprint density at radius 1 is 0.778 bits per heavy atom. The van der Waals surface area contributed by atoms with Crippen LogP contribution < -0.4 is 5.32 Å². The topological polar surface area (TPSA) is 169 Å². The number of aliphatic hydroxyl groups is 1. The maximum Gasteiger partial charge on any atom is 0.472 e. The summed E-state index contributed by atoms with van der Waals surface area (Å²) in [6.45, 7) is 2.31. The largest absolute Gasteiger partial charge is 0.480 e. The SMILES string of the molecule is CCCCCCCCCCC(=O)OCC(O)COP(=O)(O)OCC(NC(=O)CCCCCC)C(=O)O. The molecule has 0 aromatic carbocycles. The quantitative estimate of drug-likeness (QED) is 0.0796. The highest BCUT2D eigenvalue weighted by Gasteiger charge is 2.28. The zero-order chi connectivity index (χ0) is 27.2. The van der Waals surface area contributed by atoms with Gasteiger partial charge in [0.1, 0.15) is 12.7 Å². The number of esters is 1. The van der Waals surface area contributed by atoms with Gasteiger partial charge in [0.2, 0.25) is 5.91 Å². The van der Waals surface area contributed by atoms with Crippen LogP contribution in [0.2, 0.25) is 0 Å². The van der Waals surface area contributed by atoms with Gasteiger partial charge in [-0.25, -0.2) is 9.36 Å². The van der Waals surface area contributed by atoms with E-state index in [0.717, 1.165) is 38.5 Å². The second kappa shape index (κ2) is 21.6. The summed E-state index contributed by atoms with van der Waals surface area (Å²) in [6, 6.07) is -1.53. The number of amides is 1. The Kier molecular flexibility index (Phi) is 20.6. The fraction of sp³-hybridized carbons (Fsp3) is 0.875. The number of unbranched alkanes of at least 4 members (excludes halogenated alkanes) is 10. The number of phosphoric acid groups is 1. The number of rotatable bonds is 24. The molecule has 212 valence electrons. The van der Waals surface area contributed by atoms with Crippen molar-refractivity contribution in [3.63, 3.8) is 0 Å². The van der Waals surface area contributed by atoms with Crippen molar-refractivity contribution in [2.75, 3.05) is 19.8 Å². The lowest BCUT2D eigenvalue weighted by Gasteiger charge is -2.18. The van der Waals surface area contributed by atoms with Crippen molar-refractivity contribution in [3.8, 4) is 0 Å². The van der Waals surface area contributed by atoms with Crippen molar-refractivity contribution in [3.05, 3.63) is 0 Å². The average molecular weight is 540 g/mol. The number of nitrogens with one attached hydrogen (secondary N) is 1. The Hall–Kier alpha value is -1.52. The normalized spacial score (nSPS) is 14.6. The minimum Gasteiger partial charge on any atom is -0.480 e. The first-order valence-electron chi connectivity index (χ1n) is 13.1. The minimum absolute atomic E-state index is 0.140. The molecule has 3 unspecified atom stereocenters. The van der Waals surface area contributed by atoms with Crippen LogP contribution in [0.4, 0.5) is 0 Å². The summed E-state index contributed by atoms with van der Waals surface area (Å²) in [5, 5.41) is 21.3. The molecule has 0 fully saturated rings. The third-order valence-corrected chi connectivity index (χ3v) is 6.35.